The van der Waals surface area contributed by atoms with Crippen molar-refractivity contribution in [1.82, 2.24) is 10.4 Å². The number of fused-ring (bicyclic) bond motifs is 1. The predicted molar refractivity (Wildman–Crippen MR) is 130 cm³/mol. The van der Waals surface area contributed by atoms with Gasteiger partial charge >= 0.3 is 0 Å². The number of benzene rings is 3. The average Bonchev–Trinajstić information content (AvgIpc) is 3.21. The van der Waals surface area contributed by atoms with Crippen LogP contribution in [0.25, 0.3) is 22.2 Å². The van der Waals surface area contributed by atoms with E-state index in [4.69, 9.17) is 4.74 Å². The van der Waals surface area contributed by atoms with Crippen molar-refractivity contribution in [3.8, 4) is 17.0 Å². The van der Waals surface area contributed by atoms with E-state index in [-0.39, 0.29) is 0 Å². The second-order valence-electron chi connectivity index (χ2n) is 7.83. The van der Waals surface area contributed by atoms with E-state index < -0.39 is 11.7 Å². The van der Waals surface area contributed by atoms with Crippen molar-refractivity contribution in [3.05, 3.63) is 89.2 Å². The van der Waals surface area contributed by atoms with Crippen LogP contribution >= 0.6 is 0 Å². The molecule has 6 heteroatoms. The van der Waals surface area contributed by atoms with Gasteiger partial charge in [0.15, 0.2) is 0 Å². The third-order valence-corrected chi connectivity index (χ3v) is 5.57. The Bertz CT molecular complexity index is 1280. The molecule has 2 N–H and O–H groups in total. The van der Waals surface area contributed by atoms with Gasteiger partial charge in [0.2, 0.25) is 0 Å². The van der Waals surface area contributed by atoms with E-state index >= 15 is 0 Å². The van der Waals surface area contributed by atoms with E-state index in [9.17, 15) is 9.18 Å². The molecule has 0 spiro atoms. The molecule has 0 radical (unpaired) electrons. The maximum Gasteiger partial charge on any atom is 0.271 e. The van der Waals surface area contributed by atoms with Crippen molar-refractivity contribution in [2.24, 2.45) is 5.10 Å². The van der Waals surface area contributed by atoms with Gasteiger partial charge in [0.25, 0.3) is 5.91 Å². The summed E-state index contributed by atoms with van der Waals surface area (Å²) in [5, 5.41) is 5.25. The minimum Gasteiger partial charge on any atom is -0.497 e. The van der Waals surface area contributed by atoms with Crippen LogP contribution in [0.1, 0.15) is 41.3 Å². The SMILES string of the molecule is CCCCc1ccc2[nH]c(-c3ccc(OC)cc3)c(C=NNC(=O)c3ccc(F)cc3)c2c1. The summed E-state index contributed by atoms with van der Waals surface area (Å²) in [6.07, 6.45) is 4.92. The molecule has 3 aromatic carbocycles. The first-order valence-corrected chi connectivity index (χ1v) is 11.0. The molecule has 1 heterocycles. The molecular formula is C27H26FN3O2. The molecule has 5 nitrogen and oxygen atoms in total. The molecule has 33 heavy (non-hydrogen) atoms. The number of hydrogen-bond acceptors (Lipinski definition) is 3. The molecule has 0 aliphatic carbocycles. The fourth-order valence-corrected chi connectivity index (χ4v) is 3.74. The number of hydrogen-bond donors (Lipinski definition) is 2. The molecular weight excluding hydrogens is 417 g/mol. The molecule has 0 saturated carbocycles. The number of carbonyl (C=O) groups excluding carboxylic acids is 1. The van der Waals surface area contributed by atoms with Crippen molar-refractivity contribution in [2.45, 2.75) is 26.2 Å². The molecule has 4 rings (SSSR count). The summed E-state index contributed by atoms with van der Waals surface area (Å²) in [7, 11) is 1.64. The summed E-state index contributed by atoms with van der Waals surface area (Å²) in [6.45, 7) is 2.18. The topological polar surface area (TPSA) is 66.5 Å². The summed E-state index contributed by atoms with van der Waals surface area (Å²) < 4.78 is 18.4. The number of rotatable bonds is 8. The van der Waals surface area contributed by atoms with Gasteiger partial charge in [0.05, 0.1) is 19.0 Å². The Hall–Kier alpha value is -3.93. The number of carbonyl (C=O) groups is 1. The van der Waals surface area contributed by atoms with Crippen molar-refractivity contribution >= 4 is 23.0 Å². The standard InChI is InChI=1S/C27H26FN3O2/c1-3-4-5-18-6-15-25-23(16-18)24(26(30-25)19-9-13-22(33-2)14-10-19)17-29-31-27(32)20-7-11-21(28)12-8-20/h6-17,30H,3-5H2,1-2H3,(H,31,32). The van der Waals surface area contributed by atoms with Crippen LogP contribution in [-0.2, 0) is 6.42 Å². The van der Waals surface area contributed by atoms with E-state index in [1.165, 1.54) is 29.8 Å². The Balaban J connectivity index is 1.69. The van der Waals surface area contributed by atoms with Crippen LogP contribution in [-0.4, -0.2) is 24.2 Å². The molecule has 0 aliphatic rings. The number of nitrogens with zero attached hydrogens (tertiary/aromatic N) is 1. The van der Waals surface area contributed by atoms with Crippen LogP contribution in [0.15, 0.2) is 71.8 Å². The third-order valence-electron chi connectivity index (χ3n) is 5.57. The number of aromatic nitrogens is 1. The lowest BCUT2D eigenvalue weighted by molar-refractivity contribution is 0.0955. The number of aryl methyl sites for hydroxylation is 1. The molecule has 0 fully saturated rings. The smallest absolute Gasteiger partial charge is 0.271 e. The van der Waals surface area contributed by atoms with Crippen LogP contribution < -0.4 is 10.2 Å². The second kappa shape index (κ2) is 10.1. The summed E-state index contributed by atoms with van der Waals surface area (Å²) in [5.41, 5.74) is 7.90. The minimum absolute atomic E-state index is 0.338. The largest absolute Gasteiger partial charge is 0.497 e. The van der Waals surface area contributed by atoms with Crippen LogP contribution in [0, 0.1) is 5.82 Å². The highest BCUT2D eigenvalue weighted by Crippen LogP contribution is 2.31. The monoisotopic (exact) mass is 443 g/mol. The summed E-state index contributed by atoms with van der Waals surface area (Å²) >= 11 is 0. The lowest BCUT2D eigenvalue weighted by atomic mass is 10.0. The van der Waals surface area contributed by atoms with Crippen molar-refractivity contribution in [2.75, 3.05) is 7.11 Å². The van der Waals surface area contributed by atoms with Crippen molar-refractivity contribution < 1.29 is 13.9 Å². The Morgan fingerprint density at radius 2 is 1.85 bits per heavy atom. The quantitative estimate of drug-likeness (QED) is 0.256. The Kier molecular flexibility index (Phi) is 6.83. The molecule has 0 atom stereocenters. The maximum absolute atomic E-state index is 13.1. The molecule has 0 aliphatic heterocycles. The molecule has 1 amide bonds. The van der Waals surface area contributed by atoms with Gasteiger partial charge in [-0.1, -0.05) is 19.4 Å². The summed E-state index contributed by atoms with van der Waals surface area (Å²) in [6, 6.07) is 19.5. The molecule has 168 valence electrons. The summed E-state index contributed by atoms with van der Waals surface area (Å²) in [4.78, 5) is 15.9. The van der Waals surface area contributed by atoms with Gasteiger partial charge in [-0.15, -0.1) is 0 Å². The Labute approximate surface area is 192 Å². The first-order valence-electron chi connectivity index (χ1n) is 11.0. The van der Waals surface area contributed by atoms with Gasteiger partial charge in [-0.05, 0) is 84.6 Å². The van der Waals surface area contributed by atoms with E-state index in [1.54, 1.807) is 13.3 Å². The van der Waals surface area contributed by atoms with E-state index in [1.807, 2.05) is 24.3 Å². The highest BCUT2D eigenvalue weighted by Gasteiger charge is 2.13. The summed E-state index contributed by atoms with van der Waals surface area (Å²) in [5.74, 6) is -0.0175. The maximum atomic E-state index is 13.1. The van der Waals surface area contributed by atoms with Gasteiger partial charge in [0.1, 0.15) is 11.6 Å². The van der Waals surface area contributed by atoms with E-state index in [2.05, 4.69) is 40.6 Å². The van der Waals surface area contributed by atoms with Crippen LogP contribution in [0.2, 0.25) is 0 Å². The zero-order valence-corrected chi connectivity index (χ0v) is 18.7. The van der Waals surface area contributed by atoms with E-state index in [0.29, 0.717) is 5.56 Å². The molecule has 0 bridgehead atoms. The van der Waals surface area contributed by atoms with Crippen molar-refractivity contribution in [1.29, 1.82) is 0 Å². The number of nitrogens with one attached hydrogen (secondary N) is 2. The predicted octanol–water partition coefficient (Wildman–Crippen LogP) is 6.09. The fraction of sp³-hybridized carbons (Fsp3) is 0.185. The van der Waals surface area contributed by atoms with Gasteiger partial charge in [-0.3, -0.25) is 4.79 Å². The van der Waals surface area contributed by atoms with Crippen LogP contribution in [0.5, 0.6) is 5.75 Å². The average molecular weight is 444 g/mol. The Morgan fingerprint density at radius 3 is 2.55 bits per heavy atom. The number of aromatic amines is 1. The first kappa shape index (κ1) is 22.3. The highest BCUT2D eigenvalue weighted by atomic mass is 19.1. The number of unbranched alkanes of at least 4 members (excludes halogenated alkanes) is 1. The van der Waals surface area contributed by atoms with Gasteiger partial charge in [0, 0.05) is 22.0 Å². The lowest BCUT2D eigenvalue weighted by Crippen LogP contribution is -2.17. The van der Waals surface area contributed by atoms with Crippen LogP contribution in [0.4, 0.5) is 4.39 Å². The molecule has 0 saturated heterocycles. The number of halogens is 1. The minimum atomic E-state index is -0.402. The number of amides is 1. The molecule has 1 aromatic heterocycles. The highest BCUT2D eigenvalue weighted by molar-refractivity contribution is 6.06. The molecule has 0 unspecified atom stereocenters. The Morgan fingerprint density at radius 1 is 1.09 bits per heavy atom. The van der Waals surface area contributed by atoms with Crippen molar-refractivity contribution in [3.63, 3.8) is 0 Å². The molecule has 4 aromatic rings. The van der Waals surface area contributed by atoms with Gasteiger partial charge in [-0.2, -0.15) is 5.10 Å². The number of ether oxygens (including phenoxy) is 1. The number of methoxy groups -OCH3 is 1. The van der Waals surface area contributed by atoms with Gasteiger partial charge in [-0.25, -0.2) is 9.82 Å². The van der Waals surface area contributed by atoms with Crippen LogP contribution in [0.3, 0.4) is 0 Å². The van der Waals surface area contributed by atoms with Gasteiger partial charge < -0.3 is 9.72 Å². The second-order valence-corrected chi connectivity index (χ2v) is 7.83. The zero-order valence-electron chi connectivity index (χ0n) is 18.7. The van der Waals surface area contributed by atoms with E-state index in [0.717, 1.165) is 52.7 Å². The zero-order chi connectivity index (χ0) is 23.2. The normalized spacial score (nSPS) is 11.2. The number of hydrazone groups is 1. The first-order chi connectivity index (χ1) is 16.1. The lowest BCUT2D eigenvalue weighted by Gasteiger charge is -2.04. The number of H-pyrrole nitrogens is 1. The third kappa shape index (κ3) is 5.12. The fourth-order valence-electron chi connectivity index (χ4n) is 3.74.